The molecule has 0 aliphatic carbocycles. The summed E-state index contributed by atoms with van der Waals surface area (Å²) in [5.74, 6) is 0.291. The van der Waals surface area contributed by atoms with Crippen LogP contribution in [-0.4, -0.2) is 48.3 Å². The lowest BCUT2D eigenvalue weighted by molar-refractivity contribution is 0.179. The summed E-state index contributed by atoms with van der Waals surface area (Å²) >= 11 is 0. The van der Waals surface area contributed by atoms with Crippen molar-refractivity contribution in [1.29, 1.82) is 0 Å². The zero-order chi connectivity index (χ0) is 22.5. The Morgan fingerprint density at radius 3 is 2.62 bits per heavy atom. The molecule has 4 rings (SSSR count). The molecule has 2 aromatic carbocycles. The Kier molecular flexibility index (Phi) is 6.67. The minimum atomic E-state index is -0.300. The number of tetrazole rings is 1. The normalized spacial score (nSPS) is 11.5. The van der Waals surface area contributed by atoms with Crippen LogP contribution < -0.4 is 5.56 Å². The lowest BCUT2D eigenvalue weighted by Gasteiger charge is -2.20. The van der Waals surface area contributed by atoms with E-state index in [-0.39, 0.29) is 18.0 Å². The predicted octanol–water partition coefficient (Wildman–Crippen LogP) is 2.26. The molecule has 32 heavy (non-hydrogen) atoms. The number of H-pyrrole nitrogens is 1. The van der Waals surface area contributed by atoms with E-state index in [1.807, 2.05) is 23.1 Å². The first-order valence-electron chi connectivity index (χ1n) is 10.5. The Hall–Kier alpha value is -3.43. The Balaban J connectivity index is 1.55. The molecule has 0 aliphatic heterocycles. The van der Waals surface area contributed by atoms with Gasteiger partial charge in [-0.3, -0.25) is 9.69 Å². The third-order valence-corrected chi connectivity index (χ3v) is 5.42. The highest BCUT2D eigenvalue weighted by Gasteiger charge is 2.15. The van der Waals surface area contributed by atoms with Gasteiger partial charge in [-0.05, 0) is 63.7 Å². The number of aliphatic hydroxyl groups is 1. The highest BCUT2D eigenvalue weighted by atomic mass is 19.1. The number of aromatic nitrogens is 5. The zero-order valence-electron chi connectivity index (χ0n) is 17.8. The quantitative estimate of drug-likeness (QED) is 0.418. The summed E-state index contributed by atoms with van der Waals surface area (Å²) in [4.78, 5) is 17.5. The summed E-state index contributed by atoms with van der Waals surface area (Å²) in [6.07, 6.45) is 0.914. The van der Waals surface area contributed by atoms with Gasteiger partial charge in [0.15, 0.2) is 5.82 Å². The maximum atomic E-state index is 13.2. The number of hydrogen-bond donors (Lipinski definition) is 2. The van der Waals surface area contributed by atoms with E-state index in [0.717, 1.165) is 22.9 Å². The number of aromatic amines is 1. The number of nitrogens with zero attached hydrogens (tertiary/aromatic N) is 5. The molecule has 2 N–H and O–H groups in total. The zero-order valence-corrected chi connectivity index (χ0v) is 17.8. The van der Waals surface area contributed by atoms with Crippen molar-refractivity contribution < 1.29 is 9.50 Å². The van der Waals surface area contributed by atoms with Gasteiger partial charge in [0.05, 0.1) is 19.7 Å². The van der Waals surface area contributed by atoms with Crippen molar-refractivity contribution in [3.63, 3.8) is 0 Å². The SMILES string of the molecule is CCc1ccc2[nH]c(=O)c(CN(CCO)Cc3nnnn3Cc3ccc(F)cc3)cc2c1. The molecular weight excluding hydrogens is 411 g/mol. The Labute approximate surface area is 184 Å². The number of pyridine rings is 1. The van der Waals surface area contributed by atoms with Crippen molar-refractivity contribution in [2.45, 2.75) is 33.0 Å². The van der Waals surface area contributed by atoms with Gasteiger partial charge in [0.2, 0.25) is 0 Å². The number of hydrogen-bond acceptors (Lipinski definition) is 6. The average Bonchev–Trinajstić information content (AvgIpc) is 3.22. The number of aryl methyl sites for hydroxylation is 1. The van der Waals surface area contributed by atoms with Gasteiger partial charge in [-0.2, -0.15) is 0 Å². The Morgan fingerprint density at radius 2 is 1.88 bits per heavy atom. The van der Waals surface area contributed by atoms with Gasteiger partial charge in [0.25, 0.3) is 5.56 Å². The third kappa shape index (κ3) is 5.06. The molecule has 0 spiro atoms. The monoisotopic (exact) mass is 436 g/mol. The van der Waals surface area contributed by atoms with E-state index >= 15 is 0 Å². The van der Waals surface area contributed by atoms with Crippen LogP contribution in [0.15, 0.2) is 53.3 Å². The summed E-state index contributed by atoms with van der Waals surface area (Å²) in [5.41, 5.74) is 3.31. The van der Waals surface area contributed by atoms with Crippen LogP contribution in [0, 0.1) is 5.82 Å². The number of aliphatic hydroxyl groups excluding tert-OH is 1. The second-order valence-electron chi connectivity index (χ2n) is 7.71. The third-order valence-electron chi connectivity index (χ3n) is 5.42. The van der Waals surface area contributed by atoms with Crippen LogP contribution in [0.4, 0.5) is 4.39 Å². The number of nitrogens with one attached hydrogen (secondary N) is 1. The van der Waals surface area contributed by atoms with E-state index in [0.29, 0.717) is 37.6 Å². The van der Waals surface area contributed by atoms with Gasteiger partial charge in [0.1, 0.15) is 5.82 Å². The van der Waals surface area contributed by atoms with E-state index in [4.69, 9.17) is 0 Å². The molecule has 0 saturated carbocycles. The fourth-order valence-corrected chi connectivity index (χ4v) is 3.66. The fourth-order valence-electron chi connectivity index (χ4n) is 3.66. The van der Waals surface area contributed by atoms with Crippen LogP contribution >= 0.6 is 0 Å². The average molecular weight is 436 g/mol. The highest BCUT2D eigenvalue weighted by Crippen LogP contribution is 2.16. The maximum absolute atomic E-state index is 13.2. The molecule has 4 aromatic rings. The summed E-state index contributed by atoms with van der Waals surface area (Å²) in [7, 11) is 0. The fraction of sp³-hybridized carbons (Fsp3) is 0.304. The van der Waals surface area contributed by atoms with Crippen LogP contribution in [0.5, 0.6) is 0 Å². The van der Waals surface area contributed by atoms with Crippen molar-refractivity contribution in [2.24, 2.45) is 0 Å². The van der Waals surface area contributed by atoms with Crippen LogP contribution in [0.1, 0.15) is 29.4 Å². The minimum absolute atomic E-state index is 0.0645. The molecule has 2 heterocycles. The second-order valence-corrected chi connectivity index (χ2v) is 7.71. The van der Waals surface area contributed by atoms with Crippen molar-refractivity contribution >= 4 is 10.9 Å². The van der Waals surface area contributed by atoms with Gasteiger partial charge in [-0.15, -0.1) is 5.10 Å². The van der Waals surface area contributed by atoms with Gasteiger partial charge < -0.3 is 10.1 Å². The Bertz CT molecular complexity index is 1250. The molecule has 0 fully saturated rings. The van der Waals surface area contributed by atoms with Crippen molar-refractivity contribution in [3.05, 3.63) is 87.2 Å². The topological polar surface area (TPSA) is 99.9 Å². The number of benzene rings is 2. The number of rotatable bonds is 9. The molecule has 0 bridgehead atoms. The molecular formula is C23H25FN6O2. The van der Waals surface area contributed by atoms with Crippen LogP contribution in [0.3, 0.4) is 0 Å². The lowest BCUT2D eigenvalue weighted by Crippen LogP contribution is -2.30. The molecule has 0 unspecified atom stereocenters. The molecule has 9 heteroatoms. The van der Waals surface area contributed by atoms with Gasteiger partial charge in [0, 0.05) is 24.2 Å². The van der Waals surface area contributed by atoms with Crippen molar-refractivity contribution in [1.82, 2.24) is 30.1 Å². The maximum Gasteiger partial charge on any atom is 0.252 e. The Morgan fingerprint density at radius 1 is 1.09 bits per heavy atom. The van der Waals surface area contributed by atoms with E-state index < -0.39 is 0 Å². The first-order valence-corrected chi connectivity index (χ1v) is 10.5. The molecule has 166 valence electrons. The summed E-state index contributed by atoms with van der Waals surface area (Å²) < 4.78 is 14.8. The molecule has 0 amide bonds. The van der Waals surface area contributed by atoms with E-state index in [9.17, 15) is 14.3 Å². The number of fused-ring (bicyclic) bond motifs is 1. The van der Waals surface area contributed by atoms with E-state index in [1.54, 1.807) is 16.8 Å². The van der Waals surface area contributed by atoms with E-state index in [2.05, 4.69) is 33.5 Å². The van der Waals surface area contributed by atoms with Gasteiger partial charge >= 0.3 is 0 Å². The first kappa shape index (κ1) is 21.8. The molecule has 0 atom stereocenters. The van der Waals surface area contributed by atoms with Crippen molar-refractivity contribution in [2.75, 3.05) is 13.2 Å². The standard InChI is InChI=1S/C23H25FN6O2/c1-2-16-5-8-21-18(11-16)12-19(23(32)25-21)14-29(9-10-31)15-22-26-27-28-30(22)13-17-3-6-20(24)7-4-17/h3-8,11-12,31H,2,9-10,13-15H2,1H3,(H,25,32). The molecule has 8 nitrogen and oxygen atoms in total. The molecule has 0 saturated heterocycles. The summed E-state index contributed by atoms with van der Waals surface area (Å²) in [6.45, 7) is 3.46. The molecule has 0 radical (unpaired) electrons. The largest absolute Gasteiger partial charge is 0.395 e. The smallest absolute Gasteiger partial charge is 0.252 e. The van der Waals surface area contributed by atoms with Gasteiger partial charge in [-0.25, -0.2) is 9.07 Å². The summed E-state index contributed by atoms with van der Waals surface area (Å²) in [6, 6.07) is 14.1. The lowest BCUT2D eigenvalue weighted by atomic mass is 10.1. The first-order chi connectivity index (χ1) is 15.6. The van der Waals surface area contributed by atoms with Crippen LogP contribution in [-0.2, 0) is 26.1 Å². The molecule has 2 aromatic heterocycles. The van der Waals surface area contributed by atoms with Crippen molar-refractivity contribution in [3.8, 4) is 0 Å². The van der Waals surface area contributed by atoms with E-state index in [1.165, 1.54) is 17.7 Å². The highest BCUT2D eigenvalue weighted by molar-refractivity contribution is 5.79. The summed E-state index contributed by atoms with van der Waals surface area (Å²) in [5, 5.41) is 22.4. The minimum Gasteiger partial charge on any atom is -0.395 e. The van der Waals surface area contributed by atoms with Crippen LogP contribution in [0.2, 0.25) is 0 Å². The number of halogens is 1. The predicted molar refractivity (Wildman–Crippen MR) is 118 cm³/mol. The molecule has 0 aliphatic rings. The second kappa shape index (κ2) is 9.80. The van der Waals surface area contributed by atoms with Crippen LogP contribution in [0.25, 0.3) is 10.9 Å². The van der Waals surface area contributed by atoms with Gasteiger partial charge in [-0.1, -0.05) is 25.1 Å².